The fourth-order valence-corrected chi connectivity index (χ4v) is 6.15. The Hall–Kier alpha value is -3.05. The number of halogens is 1. The molecule has 3 aromatic rings. The van der Waals surface area contributed by atoms with Gasteiger partial charge in [0.25, 0.3) is 20.0 Å². The standard InChI is InChI=1S/C25H27ClN4O4S2/c26-30(36(33,34)23-10-5-2-6-11-23)25-20-22(29-17-7-15-27-16-18-29)12-13-24(25)28-35(31,32)19-14-21-8-3-1-4-9-21/h1-6,8-14,19-20,27-28H,7,15-18H2/b19-14+. The van der Waals surface area contributed by atoms with Crippen LogP contribution in [0.5, 0.6) is 0 Å². The summed E-state index contributed by atoms with van der Waals surface area (Å²) < 4.78 is 55.4. The number of sulfonamides is 2. The summed E-state index contributed by atoms with van der Waals surface area (Å²) in [7, 11) is -8.14. The molecule has 0 radical (unpaired) electrons. The van der Waals surface area contributed by atoms with Gasteiger partial charge >= 0.3 is 0 Å². The Balaban J connectivity index is 1.72. The molecule has 36 heavy (non-hydrogen) atoms. The van der Waals surface area contributed by atoms with Crippen LogP contribution < -0.4 is 18.8 Å². The van der Waals surface area contributed by atoms with Crippen LogP contribution in [0.2, 0.25) is 0 Å². The quantitative estimate of drug-likeness (QED) is 0.410. The lowest BCUT2D eigenvalue weighted by Gasteiger charge is -2.26. The van der Waals surface area contributed by atoms with Gasteiger partial charge in [-0.3, -0.25) is 4.72 Å². The van der Waals surface area contributed by atoms with Crippen LogP contribution in [-0.2, 0) is 20.0 Å². The molecule has 1 heterocycles. The number of nitrogens with zero attached hydrogens (tertiary/aromatic N) is 2. The van der Waals surface area contributed by atoms with Gasteiger partial charge in [-0.2, -0.15) is 12.2 Å². The Bertz CT molecular complexity index is 1410. The Morgan fingerprint density at radius 2 is 1.58 bits per heavy atom. The fraction of sp³-hybridized carbons (Fsp3) is 0.200. The highest BCUT2D eigenvalue weighted by atomic mass is 35.5. The van der Waals surface area contributed by atoms with Crippen molar-refractivity contribution in [2.75, 3.05) is 39.6 Å². The predicted molar refractivity (Wildman–Crippen MR) is 146 cm³/mol. The molecule has 0 aliphatic carbocycles. The monoisotopic (exact) mass is 546 g/mol. The van der Waals surface area contributed by atoms with Gasteiger partial charge in [0.15, 0.2) is 0 Å². The van der Waals surface area contributed by atoms with E-state index in [0.29, 0.717) is 9.39 Å². The second-order valence-corrected chi connectivity index (χ2v) is 12.1. The smallest absolute Gasteiger partial charge is 0.278 e. The van der Waals surface area contributed by atoms with Crippen molar-refractivity contribution in [2.45, 2.75) is 11.3 Å². The molecular formula is C25H27ClN4O4S2. The van der Waals surface area contributed by atoms with Gasteiger partial charge in [0, 0.05) is 37.1 Å². The maximum absolute atomic E-state index is 13.3. The van der Waals surface area contributed by atoms with Gasteiger partial charge in [0.1, 0.15) is 0 Å². The molecule has 3 aromatic carbocycles. The first-order chi connectivity index (χ1) is 17.3. The third kappa shape index (κ3) is 6.38. The topological polar surface area (TPSA) is 98.8 Å². The molecular weight excluding hydrogens is 520 g/mol. The maximum Gasteiger partial charge on any atom is 0.278 e. The molecule has 1 fully saturated rings. The molecule has 8 nitrogen and oxygen atoms in total. The van der Waals surface area contributed by atoms with Crippen LogP contribution in [0.15, 0.2) is 89.2 Å². The van der Waals surface area contributed by atoms with Crippen molar-refractivity contribution in [2.24, 2.45) is 0 Å². The van der Waals surface area contributed by atoms with E-state index in [9.17, 15) is 16.8 Å². The molecule has 0 unspecified atom stereocenters. The Kier molecular flexibility index (Phi) is 8.20. The summed E-state index contributed by atoms with van der Waals surface area (Å²) in [4.78, 5) is 2.10. The third-order valence-corrected chi connectivity index (χ3v) is 8.83. The summed E-state index contributed by atoms with van der Waals surface area (Å²) in [6.07, 6.45) is 2.38. The summed E-state index contributed by atoms with van der Waals surface area (Å²) >= 11 is 6.44. The van der Waals surface area contributed by atoms with Crippen molar-refractivity contribution in [3.63, 3.8) is 0 Å². The van der Waals surface area contributed by atoms with Gasteiger partial charge in [-0.25, -0.2) is 8.42 Å². The highest BCUT2D eigenvalue weighted by Gasteiger charge is 2.27. The molecule has 0 atom stereocenters. The Labute approximate surface area is 217 Å². The SMILES string of the molecule is O=S(=O)(/C=C/c1ccccc1)Nc1ccc(N2CCCNCC2)cc1N(Cl)S(=O)(=O)c1ccccc1. The van der Waals surface area contributed by atoms with E-state index in [1.807, 2.05) is 6.07 Å². The van der Waals surface area contributed by atoms with Crippen molar-refractivity contribution in [3.05, 3.63) is 89.8 Å². The second-order valence-electron chi connectivity index (χ2n) is 8.19. The summed E-state index contributed by atoms with van der Waals surface area (Å²) in [5, 5.41) is 4.36. The summed E-state index contributed by atoms with van der Waals surface area (Å²) in [5.74, 6) is 0. The van der Waals surface area contributed by atoms with Crippen LogP contribution in [0.25, 0.3) is 6.08 Å². The van der Waals surface area contributed by atoms with Crippen LogP contribution >= 0.6 is 11.8 Å². The molecule has 0 aromatic heterocycles. The molecule has 11 heteroatoms. The van der Waals surface area contributed by atoms with Crippen LogP contribution in [0.3, 0.4) is 0 Å². The van der Waals surface area contributed by atoms with Crippen LogP contribution in [0.4, 0.5) is 17.1 Å². The zero-order valence-corrected chi connectivity index (χ0v) is 21.8. The fourth-order valence-electron chi connectivity index (χ4n) is 3.79. The van der Waals surface area contributed by atoms with Gasteiger partial charge in [-0.15, -0.1) is 0 Å². The first-order valence-corrected chi connectivity index (χ1v) is 14.7. The third-order valence-electron chi connectivity index (χ3n) is 5.62. The second kappa shape index (κ2) is 11.3. The van der Waals surface area contributed by atoms with E-state index < -0.39 is 20.0 Å². The molecule has 1 aliphatic rings. The number of nitrogens with one attached hydrogen (secondary N) is 2. The van der Waals surface area contributed by atoms with Crippen molar-refractivity contribution < 1.29 is 16.8 Å². The molecule has 0 bridgehead atoms. The minimum atomic E-state index is -4.17. The van der Waals surface area contributed by atoms with E-state index in [1.165, 1.54) is 24.3 Å². The number of benzene rings is 3. The van der Waals surface area contributed by atoms with E-state index >= 15 is 0 Å². The van der Waals surface area contributed by atoms with Gasteiger partial charge in [0.2, 0.25) is 0 Å². The zero-order valence-electron chi connectivity index (χ0n) is 19.4. The van der Waals surface area contributed by atoms with E-state index in [2.05, 4.69) is 14.9 Å². The lowest BCUT2D eigenvalue weighted by molar-refractivity contribution is 0.597. The normalized spacial score (nSPS) is 15.0. The first kappa shape index (κ1) is 26.0. The van der Waals surface area contributed by atoms with Crippen molar-refractivity contribution in [1.29, 1.82) is 0 Å². The highest BCUT2D eigenvalue weighted by Crippen LogP contribution is 2.36. The van der Waals surface area contributed by atoms with Crippen LogP contribution in [-0.4, -0.2) is 43.0 Å². The van der Waals surface area contributed by atoms with Crippen molar-refractivity contribution >= 4 is 55.0 Å². The largest absolute Gasteiger partial charge is 0.370 e. The first-order valence-electron chi connectivity index (χ1n) is 11.4. The van der Waals surface area contributed by atoms with E-state index in [0.717, 1.165) is 43.7 Å². The van der Waals surface area contributed by atoms with Crippen molar-refractivity contribution in [3.8, 4) is 0 Å². The van der Waals surface area contributed by atoms with Crippen molar-refractivity contribution in [1.82, 2.24) is 5.32 Å². The van der Waals surface area contributed by atoms with Gasteiger partial charge in [-0.1, -0.05) is 48.5 Å². The lowest BCUT2D eigenvalue weighted by Crippen LogP contribution is -2.28. The maximum atomic E-state index is 13.3. The molecule has 4 rings (SSSR count). The minimum Gasteiger partial charge on any atom is -0.370 e. The highest BCUT2D eigenvalue weighted by molar-refractivity contribution is 7.95. The average Bonchev–Trinajstić information content (AvgIpc) is 3.18. The lowest BCUT2D eigenvalue weighted by atomic mass is 10.2. The number of hydrogen-bond acceptors (Lipinski definition) is 6. The molecule has 1 saturated heterocycles. The number of rotatable bonds is 8. The number of anilines is 3. The molecule has 0 saturated carbocycles. The van der Waals surface area contributed by atoms with E-state index in [1.54, 1.807) is 54.6 Å². The molecule has 0 spiro atoms. The summed E-state index contributed by atoms with van der Waals surface area (Å²) in [6.45, 7) is 3.16. The van der Waals surface area contributed by atoms with Gasteiger partial charge in [0.05, 0.1) is 21.7 Å². The molecule has 2 N–H and O–H groups in total. The van der Waals surface area contributed by atoms with Crippen LogP contribution in [0, 0.1) is 0 Å². The average molecular weight is 547 g/mol. The van der Waals surface area contributed by atoms with Gasteiger partial charge in [-0.05, 0) is 54.9 Å². The molecule has 0 amide bonds. The summed E-state index contributed by atoms with van der Waals surface area (Å²) in [5.41, 5.74) is 1.50. The van der Waals surface area contributed by atoms with Crippen LogP contribution in [0.1, 0.15) is 12.0 Å². The Morgan fingerprint density at radius 3 is 2.31 bits per heavy atom. The molecule has 1 aliphatic heterocycles. The number of hydrogen-bond donors (Lipinski definition) is 2. The molecule has 190 valence electrons. The minimum absolute atomic E-state index is 0.00640. The van der Waals surface area contributed by atoms with Gasteiger partial charge < -0.3 is 10.2 Å². The zero-order chi connectivity index (χ0) is 25.6. The van der Waals surface area contributed by atoms with E-state index in [-0.39, 0.29) is 16.3 Å². The predicted octanol–water partition coefficient (Wildman–Crippen LogP) is 4.25. The van der Waals surface area contributed by atoms with E-state index in [4.69, 9.17) is 11.8 Å². The Morgan fingerprint density at radius 1 is 0.889 bits per heavy atom. The summed E-state index contributed by atoms with van der Waals surface area (Å²) in [6, 6.07) is 21.6.